The summed E-state index contributed by atoms with van der Waals surface area (Å²) in [6.45, 7) is 5.22. The molecule has 0 aliphatic carbocycles. The third-order valence-corrected chi connectivity index (χ3v) is 24.0. The summed E-state index contributed by atoms with van der Waals surface area (Å²) in [4.78, 5) is 271. The Hall–Kier alpha value is -12.7. The van der Waals surface area contributed by atoms with Gasteiger partial charge in [0.1, 0.15) is 90.3 Å². The number of para-hydroxylation sites is 2. The summed E-state index contributed by atoms with van der Waals surface area (Å²) in [5, 5.41) is 58.9. The minimum Gasteiger partial charge on any atom is -0.508 e. The first-order valence-corrected chi connectivity index (χ1v) is 44.0. The monoisotopic (exact) mass is 1800 g/mol. The van der Waals surface area contributed by atoms with Crippen LogP contribution >= 0.6 is 11.8 Å². The number of aromatic nitrogens is 2. The maximum absolute atomic E-state index is 15.6. The zero-order valence-corrected chi connectivity index (χ0v) is 73.9. The molecule has 3 aromatic carbocycles. The van der Waals surface area contributed by atoms with Crippen molar-refractivity contribution in [3.05, 3.63) is 102 Å². The number of likely N-dealkylation sites (N-methyl/N-ethyl adjacent to an activating group) is 3. The second kappa shape index (κ2) is 47.7. The number of thioether (sulfide) groups is 1. The number of aromatic hydroxyl groups is 1. The summed E-state index contributed by atoms with van der Waals surface area (Å²) in [6, 6.07) is -2.68. The number of phenolic OH excluding ortho intramolecular Hbond substituents is 1. The largest absolute Gasteiger partial charge is 0.508 e. The first-order valence-electron chi connectivity index (χ1n) is 42.8. The molecule has 3 fully saturated rings. The zero-order chi connectivity index (χ0) is 93.9. The summed E-state index contributed by atoms with van der Waals surface area (Å²) >= 11 is 0.721. The highest BCUT2D eigenvalue weighted by molar-refractivity contribution is 8.00. The highest BCUT2D eigenvalue weighted by Gasteiger charge is 2.46. The Morgan fingerprint density at radius 2 is 0.930 bits per heavy atom. The number of aliphatic hydroxyl groups excluding tert-OH is 2. The van der Waals surface area contributed by atoms with E-state index in [2.05, 4.69) is 63.1 Å². The van der Waals surface area contributed by atoms with Crippen LogP contribution in [-0.4, -0.2) is 306 Å². The highest BCUT2D eigenvalue weighted by atomic mass is 32.2. The Morgan fingerprint density at radius 3 is 1.47 bits per heavy atom. The fourth-order valence-corrected chi connectivity index (χ4v) is 16.6. The molecule has 14 atom stereocenters. The van der Waals surface area contributed by atoms with Crippen LogP contribution in [0, 0.1) is 5.92 Å². The molecule has 3 aliphatic heterocycles. The lowest BCUT2D eigenvalue weighted by molar-refractivity contribution is -0.149. The molecule has 3 saturated heterocycles. The number of rotatable bonds is 23. The molecule has 42 heteroatoms. The predicted octanol–water partition coefficient (Wildman–Crippen LogP) is -3.26. The molecule has 696 valence electrons. The van der Waals surface area contributed by atoms with Gasteiger partial charge >= 0.3 is 0 Å². The third-order valence-electron chi connectivity index (χ3n) is 22.9. The number of nitrogens with zero attached hydrogens (tertiary/aromatic N) is 5. The lowest BCUT2D eigenvalue weighted by Gasteiger charge is -2.36. The maximum atomic E-state index is 15.6. The molecule has 0 saturated carbocycles. The van der Waals surface area contributed by atoms with E-state index in [-0.39, 0.29) is 89.0 Å². The van der Waals surface area contributed by atoms with Crippen molar-refractivity contribution in [3.8, 4) is 5.75 Å². The van der Waals surface area contributed by atoms with Gasteiger partial charge in [-0.05, 0) is 98.7 Å². The smallest absolute Gasteiger partial charge is 0.246 e. The van der Waals surface area contributed by atoms with E-state index < -0.39 is 235 Å². The number of carbonyl (C=O) groups excluding carboxylic acids is 18. The number of H-pyrrole nitrogens is 2. The van der Waals surface area contributed by atoms with E-state index in [9.17, 15) is 72.9 Å². The minimum atomic E-state index is -1.86. The normalized spacial score (nSPS) is 24.9. The molecule has 5 heterocycles. The number of nitrogens with one attached hydrogen (secondary N) is 12. The van der Waals surface area contributed by atoms with Crippen LogP contribution in [0.5, 0.6) is 5.75 Å². The van der Waals surface area contributed by atoms with Crippen LogP contribution in [-0.2, 0) is 106 Å². The van der Waals surface area contributed by atoms with Gasteiger partial charge in [-0.25, -0.2) is 0 Å². The number of nitrogens with two attached hydrogens (primary N) is 3. The van der Waals surface area contributed by atoms with Crippen molar-refractivity contribution in [2.75, 3.05) is 65.5 Å². The van der Waals surface area contributed by atoms with Gasteiger partial charge in [0.15, 0.2) is 0 Å². The molecule has 21 N–H and O–H groups in total. The number of hydrogen-bond donors (Lipinski definition) is 18. The van der Waals surface area contributed by atoms with Gasteiger partial charge in [-0.3, -0.25) is 86.3 Å². The summed E-state index contributed by atoms with van der Waals surface area (Å²) in [5.41, 5.74) is 19.4. The van der Waals surface area contributed by atoms with Gasteiger partial charge in [0.05, 0.1) is 38.4 Å². The van der Waals surface area contributed by atoms with Crippen LogP contribution in [0.1, 0.15) is 135 Å². The van der Waals surface area contributed by atoms with Crippen molar-refractivity contribution in [1.29, 1.82) is 0 Å². The van der Waals surface area contributed by atoms with Crippen LogP contribution in [0.15, 0.2) is 85.2 Å². The van der Waals surface area contributed by atoms with Gasteiger partial charge in [0.2, 0.25) is 106 Å². The lowest BCUT2D eigenvalue weighted by Crippen LogP contribution is -2.62. The van der Waals surface area contributed by atoms with E-state index in [1.165, 1.54) is 57.2 Å². The SMILES string of the molecule is CCCC[C@H]1C(=O)N(C)[C@@H](CCCC)C(=O)N[C@@H](CO)C(=O)NC(C(=O)NCC(N)=O)CSCC(=O)N[C@@H](Cc2ccc(O)cc2)C(=O)N(C)[C@@H](C)C(=O)N[C@@H](CC(N)=O)C(=O)N2CCC[C@H]2C(=O)N[C@@H](CC(N)=O)C(=O)N[C@@H](CC(C)C)C(=O)N2CCC[C@H]2C(=O)N[C@@H](Cc2c[nH]c3ccccc23)C(=O)N[C@@H](CO)C(=O)N[C@@H](Cc2c[nH]c3ccccc23)C(=O)N1C. The van der Waals surface area contributed by atoms with E-state index in [0.29, 0.717) is 64.2 Å². The van der Waals surface area contributed by atoms with Crippen molar-refractivity contribution in [3.63, 3.8) is 0 Å². The van der Waals surface area contributed by atoms with Crippen LogP contribution in [0.4, 0.5) is 0 Å². The Morgan fingerprint density at radius 1 is 0.484 bits per heavy atom. The topological polar surface area (TPSA) is 614 Å². The van der Waals surface area contributed by atoms with E-state index in [4.69, 9.17) is 17.2 Å². The molecule has 41 nitrogen and oxygen atoms in total. The predicted molar refractivity (Wildman–Crippen MR) is 468 cm³/mol. The third kappa shape index (κ3) is 27.4. The molecule has 2 aromatic heterocycles. The molecule has 18 amide bonds. The van der Waals surface area contributed by atoms with Gasteiger partial charge in [-0.15, -0.1) is 11.8 Å². The lowest BCUT2D eigenvalue weighted by atomic mass is 10.00. The molecule has 1 unspecified atom stereocenters. The summed E-state index contributed by atoms with van der Waals surface area (Å²) in [7, 11) is 3.83. The van der Waals surface area contributed by atoms with E-state index in [0.717, 1.165) is 31.4 Å². The second-order valence-corrected chi connectivity index (χ2v) is 33.9. The molecule has 3 aliphatic rings. The van der Waals surface area contributed by atoms with Crippen molar-refractivity contribution < 1.29 is 102 Å². The van der Waals surface area contributed by atoms with E-state index in [1.54, 1.807) is 74.8 Å². The van der Waals surface area contributed by atoms with Crippen molar-refractivity contribution in [2.24, 2.45) is 23.1 Å². The van der Waals surface area contributed by atoms with Gasteiger partial charge in [0, 0.05) is 93.4 Å². The first-order chi connectivity index (χ1) is 60.9. The quantitative estimate of drug-likeness (QED) is 0.0305. The number of primary amides is 3. The van der Waals surface area contributed by atoms with Crippen molar-refractivity contribution in [1.82, 2.24) is 87.6 Å². The molecule has 5 aromatic rings. The number of aromatic amines is 2. The number of aliphatic hydroxyl groups is 2. The van der Waals surface area contributed by atoms with Gasteiger partial charge < -0.3 is 120 Å². The summed E-state index contributed by atoms with van der Waals surface area (Å²) in [6.07, 6.45) is 2.50. The number of phenols is 1. The van der Waals surface area contributed by atoms with Crippen LogP contribution < -0.4 is 70.4 Å². The standard InChI is InChI=1S/C86H120N20O21S/c1-9-11-23-65-79(120)100-63(43-108)78(119)101-64(74(115)92-41-71(89)112)44-128-45-72(113)93-59(34-48-27-29-51(109)30-28-48)82(123)102(6)47(5)73(114)96-61(38-70(88)111)85(126)106-32-18-26-67(106)81(122)95-57(37-69(87)110)76(117)97-58(33-46(3)4)84(125)105-31-17-25-66(105)80(121)94-56(35-49-39-90-54-21-15-13-19-52(49)54)75(116)99-62(42-107)77(118)98-60(36-50-40-91-55-22-16-14-20-53(50)55)83(124)104(8)68(24-12-10-2)86(127)103(65)7/h13-16,19-22,27-30,39-40,46-47,56-68,90-91,107-109H,9-12,17-18,23-26,31-38,41-45H2,1-8H3,(H2,87,110)(H2,88,111)(H2,89,112)(H,92,115)(H,93,113)(H,94,121)(H,95,122)(H,96,114)(H,97,117)(H,98,118)(H,99,116)(H,100,120)(H,101,119)/t47-,56-,57-,58-,59-,60-,61-,62-,63-,64?,65-,66-,67-,68-/m0/s1. The first kappa shape index (κ1) is 101. The van der Waals surface area contributed by atoms with Crippen LogP contribution in [0.25, 0.3) is 21.8 Å². The average molecular weight is 1800 g/mol. The van der Waals surface area contributed by atoms with E-state index >= 15 is 28.8 Å². The molecule has 0 bridgehead atoms. The fourth-order valence-electron chi connectivity index (χ4n) is 15.8. The highest BCUT2D eigenvalue weighted by Crippen LogP contribution is 2.28. The Bertz CT molecular complexity index is 4850. The Balaban J connectivity index is 1.17. The molecule has 8 rings (SSSR count). The van der Waals surface area contributed by atoms with Gasteiger partial charge in [0.25, 0.3) is 0 Å². The summed E-state index contributed by atoms with van der Waals surface area (Å²) < 4.78 is 0. The number of benzene rings is 3. The number of hydrogen-bond acceptors (Lipinski definition) is 22. The fraction of sp³-hybridized carbons (Fsp3) is 0.535. The number of amides is 18. The molecule has 0 spiro atoms. The minimum absolute atomic E-state index is 0.0135. The number of carbonyl (C=O) groups is 18. The molecular weight excluding hydrogens is 1680 g/mol. The van der Waals surface area contributed by atoms with Gasteiger partial charge in [-0.2, -0.15) is 0 Å². The van der Waals surface area contributed by atoms with Crippen molar-refractivity contribution in [2.45, 2.75) is 222 Å². The van der Waals surface area contributed by atoms with E-state index in [1.807, 2.05) is 13.8 Å². The summed E-state index contributed by atoms with van der Waals surface area (Å²) in [5.74, 6) is -19.3. The number of unbranched alkanes of at least 4 members (excludes halogenated alkanes) is 2. The molecule has 0 radical (unpaired) electrons. The maximum Gasteiger partial charge on any atom is 0.246 e. The van der Waals surface area contributed by atoms with Crippen LogP contribution in [0.2, 0.25) is 0 Å². The Kier molecular flexibility index (Phi) is 37.5. The van der Waals surface area contributed by atoms with Crippen molar-refractivity contribution >= 4 is 140 Å². The molecule has 128 heavy (non-hydrogen) atoms. The zero-order valence-electron chi connectivity index (χ0n) is 73.1. The van der Waals surface area contributed by atoms with Gasteiger partial charge in [-0.1, -0.05) is 102 Å². The Labute approximate surface area is 743 Å². The van der Waals surface area contributed by atoms with Crippen LogP contribution in [0.3, 0.4) is 0 Å². The molecular formula is C86H120N20O21S. The number of fused-ring (bicyclic) bond motifs is 4. The second-order valence-electron chi connectivity index (χ2n) is 32.9. The average Bonchev–Trinajstić information content (AvgIpc) is 1.31.